The summed E-state index contributed by atoms with van der Waals surface area (Å²) in [5.74, 6) is 1.45. The Morgan fingerprint density at radius 1 is 1.38 bits per heavy atom. The molecule has 1 rings (SSSR count). The summed E-state index contributed by atoms with van der Waals surface area (Å²) in [5, 5.41) is 0. The largest absolute Gasteiger partial charge is 0.497 e. The first kappa shape index (κ1) is 10.1. The van der Waals surface area contributed by atoms with Crippen molar-refractivity contribution in [2.24, 2.45) is 0 Å². The topological polar surface area (TPSA) is 9.23 Å². The molecule has 0 spiro atoms. The lowest BCUT2D eigenvalue weighted by atomic mass is 10.1. The second-order valence-electron chi connectivity index (χ2n) is 2.90. The lowest BCUT2D eigenvalue weighted by Crippen LogP contribution is -1.82. The highest BCUT2D eigenvalue weighted by molar-refractivity contribution is 6.19. The molecule has 0 aliphatic heterocycles. The predicted molar refractivity (Wildman–Crippen MR) is 57.4 cm³/mol. The highest BCUT2D eigenvalue weighted by Crippen LogP contribution is 2.14. The van der Waals surface area contributed by atoms with Gasteiger partial charge in [0.1, 0.15) is 5.75 Å². The summed E-state index contributed by atoms with van der Waals surface area (Å²) in [7, 11) is 1.66. The van der Waals surface area contributed by atoms with Gasteiger partial charge in [0.15, 0.2) is 0 Å². The first-order valence-corrected chi connectivity index (χ1v) is 4.67. The van der Waals surface area contributed by atoms with Crippen LogP contribution in [-0.4, -0.2) is 13.0 Å². The zero-order valence-electron chi connectivity index (χ0n) is 7.88. The number of hydrogen-bond donors (Lipinski definition) is 0. The molecule has 0 bridgehead atoms. The van der Waals surface area contributed by atoms with E-state index in [9.17, 15) is 0 Å². The summed E-state index contributed by atoms with van der Waals surface area (Å²) in [5.41, 5.74) is 2.31. The van der Waals surface area contributed by atoms with Crippen LogP contribution in [0.1, 0.15) is 12.5 Å². The standard InChI is InChI=1S/C11H13ClO/c1-9(8-12)7-10-3-5-11(13-2)6-4-10/h3-7H,8H2,1-2H3. The van der Waals surface area contributed by atoms with Crippen molar-refractivity contribution < 1.29 is 4.74 Å². The van der Waals surface area contributed by atoms with E-state index in [4.69, 9.17) is 16.3 Å². The van der Waals surface area contributed by atoms with E-state index in [1.165, 1.54) is 0 Å². The Morgan fingerprint density at radius 2 is 2.00 bits per heavy atom. The normalized spacial score (nSPS) is 11.5. The summed E-state index contributed by atoms with van der Waals surface area (Å²) in [6, 6.07) is 7.89. The van der Waals surface area contributed by atoms with Crippen molar-refractivity contribution in [2.75, 3.05) is 13.0 Å². The third-order valence-electron chi connectivity index (χ3n) is 1.74. The lowest BCUT2D eigenvalue weighted by Gasteiger charge is -2.00. The fourth-order valence-electron chi connectivity index (χ4n) is 1.02. The minimum atomic E-state index is 0.575. The summed E-state index contributed by atoms with van der Waals surface area (Å²) in [6.45, 7) is 2.01. The zero-order chi connectivity index (χ0) is 9.68. The maximum atomic E-state index is 5.67. The van der Waals surface area contributed by atoms with E-state index in [1.54, 1.807) is 7.11 Å². The van der Waals surface area contributed by atoms with E-state index in [-0.39, 0.29) is 0 Å². The van der Waals surface area contributed by atoms with Crippen molar-refractivity contribution in [1.82, 2.24) is 0 Å². The van der Waals surface area contributed by atoms with Gasteiger partial charge in [-0.1, -0.05) is 23.8 Å². The molecule has 0 amide bonds. The number of rotatable bonds is 3. The summed E-state index contributed by atoms with van der Waals surface area (Å²) < 4.78 is 5.05. The second-order valence-corrected chi connectivity index (χ2v) is 3.16. The minimum Gasteiger partial charge on any atom is -0.497 e. The molecular formula is C11H13ClO. The fourth-order valence-corrected chi connectivity index (χ4v) is 1.10. The molecule has 0 N–H and O–H groups in total. The van der Waals surface area contributed by atoms with E-state index in [0.717, 1.165) is 16.9 Å². The van der Waals surface area contributed by atoms with Crippen LogP contribution in [0.15, 0.2) is 29.8 Å². The van der Waals surface area contributed by atoms with Crippen molar-refractivity contribution in [3.8, 4) is 5.75 Å². The van der Waals surface area contributed by atoms with Gasteiger partial charge in [-0.05, 0) is 24.6 Å². The molecular weight excluding hydrogens is 184 g/mol. The van der Waals surface area contributed by atoms with Crippen LogP contribution in [0.4, 0.5) is 0 Å². The first-order valence-electron chi connectivity index (χ1n) is 4.13. The molecule has 0 atom stereocenters. The number of allylic oxidation sites excluding steroid dienone is 1. The van der Waals surface area contributed by atoms with Crippen molar-refractivity contribution in [1.29, 1.82) is 0 Å². The molecule has 0 fully saturated rings. The summed E-state index contributed by atoms with van der Waals surface area (Å²) in [6.07, 6.45) is 2.06. The minimum absolute atomic E-state index is 0.575. The monoisotopic (exact) mass is 196 g/mol. The average Bonchev–Trinajstić information content (AvgIpc) is 2.19. The van der Waals surface area contributed by atoms with Gasteiger partial charge in [0.05, 0.1) is 7.11 Å². The van der Waals surface area contributed by atoms with Gasteiger partial charge < -0.3 is 4.74 Å². The van der Waals surface area contributed by atoms with Crippen LogP contribution in [0.5, 0.6) is 5.75 Å². The van der Waals surface area contributed by atoms with E-state index >= 15 is 0 Å². The Kier molecular flexibility index (Phi) is 3.84. The quantitative estimate of drug-likeness (QED) is 0.674. The van der Waals surface area contributed by atoms with Crippen molar-refractivity contribution in [3.05, 3.63) is 35.4 Å². The first-order chi connectivity index (χ1) is 6.26. The van der Waals surface area contributed by atoms with Crippen molar-refractivity contribution >= 4 is 17.7 Å². The molecule has 1 nitrogen and oxygen atoms in total. The van der Waals surface area contributed by atoms with Crippen molar-refractivity contribution in [3.63, 3.8) is 0 Å². The van der Waals surface area contributed by atoms with Gasteiger partial charge in [-0.2, -0.15) is 0 Å². The Labute approximate surface area is 84.0 Å². The van der Waals surface area contributed by atoms with Gasteiger partial charge in [-0.15, -0.1) is 11.6 Å². The molecule has 0 radical (unpaired) electrons. The molecule has 1 aromatic rings. The maximum Gasteiger partial charge on any atom is 0.118 e. The van der Waals surface area contributed by atoms with Gasteiger partial charge in [0.2, 0.25) is 0 Å². The fraction of sp³-hybridized carbons (Fsp3) is 0.273. The molecule has 0 aliphatic carbocycles. The van der Waals surface area contributed by atoms with Crippen molar-refractivity contribution in [2.45, 2.75) is 6.92 Å². The number of benzene rings is 1. The number of hydrogen-bond acceptors (Lipinski definition) is 1. The molecule has 0 saturated carbocycles. The molecule has 0 aliphatic rings. The molecule has 0 aromatic heterocycles. The van der Waals surface area contributed by atoms with Crippen LogP contribution in [0.25, 0.3) is 6.08 Å². The van der Waals surface area contributed by atoms with Gasteiger partial charge >= 0.3 is 0 Å². The van der Waals surface area contributed by atoms with Gasteiger partial charge in [-0.25, -0.2) is 0 Å². The van der Waals surface area contributed by atoms with Crippen LogP contribution in [0.3, 0.4) is 0 Å². The van der Waals surface area contributed by atoms with Gasteiger partial charge in [0, 0.05) is 5.88 Å². The Bertz CT molecular complexity index is 287. The van der Waals surface area contributed by atoms with Gasteiger partial charge in [-0.3, -0.25) is 0 Å². The highest BCUT2D eigenvalue weighted by Gasteiger charge is 1.91. The number of halogens is 1. The second kappa shape index (κ2) is 4.93. The molecule has 70 valence electrons. The molecule has 0 saturated heterocycles. The molecule has 13 heavy (non-hydrogen) atoms. The zero-order valence-corrected chi connectivity index (χ0v) is 8.64. The van der Waals surface area contributed by atoms with Crippen LogP contribution < -0.4 is 4.74 Å². The average molecular weight is 197 g/mol. The van der Waals surface area contributed by atoms with Crippen LogP contribution in [0, 0.1) is 0 Å². The maximum absolute atomic E-state index is 5.67. The Morgan fingerprint density at radius 3 is 2.46 bits per heavy atom. The lowest BCUT2D eigenvalue weighted by molar-refractivity contribution is 0.415. The number of alkyl halides is 1. The SMILES string of the molecule is COc1ccc(C=C(C)CCl)cc1. The molecule has 0 heterocycles. The third-order valence-corrected chi connectivity index (χ3v) is 2.16. The molecule has 2 heteroatoms. The van der Waals surface area contributed by atoms with E-state index < -0.39 is 0 Å². The Balaban J connectivity index is 2.80. The summed E-state index contributed by atoms with van der Waals surface area (Å²) in [4.78, 5) is 0. The number of ether oxygens (including phenoxy) is 1. The van der Waals surface area contributed by atoms with Crippen LogP contribution in [-0.2, 0) is 0 Å². The van der Waals surface area contributed by atoms with E-state index in [1.807, 2.05) is 31.2 Å². The van der Waals surface area contributed by atoms with E-state index in [0.29, 0.717) is 5.88 Å². The third kappa shape index (κ3) is 3.11. The molecule has 1 aromatic carbocycles. The van der Waals surface area contributed by atoms with Gasteiger partial charge in [0.25, 0.3) is 0 Å². The number of methoxy groups -OCH3 is 1. The van der Waals surface area contributed by atoms with E-state index in [2.05, 4.69) is 6.08 Å². The molecule has 0 unspecified atom stereocenters. The Hall–Kier alpha value is -0.950. The summed E-state index contributed by atoms with van der Waals surface area (Å²) >= 11 is 5.67. The predicted octanol–water partition coefficient (Wildman–Crippen LogP) is 3.34. The van der Waals surface area contributed by atoms with Crippen LogP contribution in [0.2, 0.25) is 0 Å². The van der Waals surface area contributed by atoms with Crippen LogP contribution >= 0.6 is 11.6 Å². The smallest absolute Gasteiger partial charge is 0.118 e. The highest BCUT2D eigenvalue weighted by atomic mass is 35.5.